The molecule has 1 fully saturated rings. The average Bonchev–Trinajstić information content (AvgIpc) is 3.30. The number of rotatable bonds is 9. The summed E-state index contributed by atoms with van der Waals surface area (Å²) < 4.78 is 41.9. The van der Waals surface area contributed by atoms with Crippen LogP contribution in [0, 0.1) is 5.92 Å². The lowest BCUT2D eigenvalue weighted by atomic mass is 9.98. The Kier molecular flexibility index (Phi) is 11.9. The highest BCUT2D eigenvalue weighted by Gasteiger charge is 2.45. The van der Waals surface area contributed by atoms with Gasteiger partial charge in [-0.1, -0.05) is 63.0 Å². The molecule has 9 nitrogen and oxygen atoms in total. The number of hydrogen-bond acceptors (Lipinski definition) is 9. The zero-order chi connectivity index (χ0) is 33.5. The SMILES string of the molecule is COCOc1cc(OCC[Si](C)(C)C)cc2c1C(=O)O[C@@H](C)[C@H](C)C=CC(OC(=O)c1ccccc1)[C@H]1OC(C)(C)O[C@H]1CC=C2. The quantitative estimate of drug-likeness (QED) is 0.120. The van der Waals surface area contributed by atoms with E-state index in [4.69, 9.17) is 33.2 Å². The molecule has 2 aliphatic rings. The van der Waals surface area contributed by atoms with E-state index in [1.165, 1.54) is 7.11 Å². The van der Waals surface area contributed by atoms with Crippen molar-refractivity contribution in [3.63, 3.8) is 0 Å². The molecule has 2 aromatic rings. The highest BCUT2D eigenvalue weighted by atomic mass is 28.3. The van der Waals surface area contributed by atoms with Gasteiger partial charge in [0.2, 0.25) is 0 Å². The van der Waals surface area contributed by atoms with Crippen LogP contribution in [0.1, 0.15) is 60.4 Å². The number of carbonyl (C=O) groups excluding carboxylic acids is 2. The molecule has 5 atom stereocenters. The Hall–Kier alpha value is -3.44. The molecule has 2 aliphatic heterocycles. The van der Waals surface area contributed by atoms with Gasteiger partial charge in [-0.3, -0.25) is 0 Å². The number of hydrogen-bond donors (Lipinski definition) is 0. The summed E-state index contributed by atoms with van der Waals surface area (Å²) in [4.78, 5) is 26.9. The van der Waals surface area contributed by atoms with Gasteiger partial charge >= 0.3 is 11.9 Å². The Labute approximate surface area is 273 Å². The van der Waals surface area contributed by atoms with Crippen molar-refractivity contribution < 1.29 is 42.7 Å². The standard InChI is InChI=1S/C36H48O9Si/c1-24-17-18-29(43-34(37)26-13-10-9-11-14-26)33-30(44-36(3,4)45-33)16-12-15-27-21-28(40-19-20-46(6,7)8)22-31(41-23-39-5)32(27)35(38)42-25(24)2/h9-15,17-18,21-22,24-25,29-30,33H,16,19-20,23H2,1-8H3/t24-,25+,29?,30+,33-/m1/s1. The molecule has 46 heavy (non-hydrogen) atoms. The zero-order valence-corrected chi connectivity index (χ0v) is 29.2. The first-order chi connectivity index (χ1) is 21.8. The highest BCUT2D eigenvalue weighted by molar-refractivity contribution is 6.76. The van der Waals surface area contributed by atoms with E-state index in [-0.39, 0.29) is 18.3 Å². The Balaban J connectivity index is 1.73. The minimum atomic E-state index is -1.33. The van der Waals surface area contributed by atoms with E-state index in [0.717, 1.165) is 6.04 Å². The van der Waals surface area contributed by atoms with E-state index in [1.807, 2.05) is 58.1 Å². The Morgan fingerprint density at radius 1 is 1.02 bits per heavy atom. The highest BCUT2D eigenvalue weighted by Crippen LogP contribution is 2.36. The van der Waals surface area contributed by atoms with Gasteiger partial charge in [-0.15, -0.1) is 0 Å². The third-order valence-electron chi connectivity index (χ3n) is 7.86. The summed E-state index contributed by atoms with van der Waals surface area (Å²) in [5, 5.41) is 0. The number of cyclic esters (lactones) is 1. The van der Waals surface area contributed by atoms with E-state index in [9.17, 15) is 9.59 Å². The average molecular weight is 653 g/mol. The lowest BCUT2D eigenvalue weighted by molar-refractivity contribution is -0.152. The van der Waals surface area contributed by atoms with Crippen LogP contribution in [0.25, 0.3) is 6.08 Å². The first-order valence-electron chi connectivity index (χ1n) is 15.9. The third-order valence-corrected chi connectivity index (χ3v) is 9.57. The molecule has 2 aromatic carbocycles. The number of fused-ring (bicyclic) bond motifs is 2. The van der Waals surface area contributed by atoms with Crippen LogP contribution >= 0.6 is 0 Å². The predicted molar refractivity (Wildman–Crippen MR) is 179 cm³/mol. The van der Waals surface area contributed by atoms with Crippen molar-refractivity contribution in [3.05, 3.63) is 77.4 Å². The van der Waals surface area contributed by atoms with Crippen LogP contribution in [0.3, 0.4) is 0 Å². The summed E-state index contributed by atoms with van der Waals surface area (Å²) in [5.74, 6) is -1.24. The van der Waals surface area contributed by atoms with Crippen LogP contribution in [0.5, 0.6) is 11.5 Å². The van der Waals surface area contributed by atoms with E-state index < -0.39 is 50.2 Å². The third kappa shape index (κ3) is 9.78. The van der Waals surface area contributed by atoms with Gasteiger partial charge in [0.1, 0.15) is 35.4 Å². The van der Waals surface area contributed by atoms with Crippen molar-refractivity contribution in [1.82, 2.24) is 0 Å². The maximum absolute atomic E-state index is 13.8. The van der Waals surface area contributed by atoms with Gasteiger partial charge in [-0.2, -0.15) is 0 Å². The van der Waals surface area contributed by atoms with Gasteiger partial charge in [0.15, 0.2) is 12.6 Å². The number of esters is 2. The summed E-state index contributed by atoms with van der Waals surface area (Å²) in [6.45, 7) is 14.8. The minimum absolute atomic E-state index is 0.0520. The normalized spacial score (nSPS) is 24.7. The van der Waals surface area contributed by atoms with Crippen LogP contribution in [0.15, 0.2) is 60.7 Å². The second kappa shape index (κ2) is 15.4. The van der Waals surface area contributed by atoms with E-state index in [1.54, 1.807) is 36.4 Å². The van der Waals surface area contributed by atoms with Crippen LogP contribution in [-0.4, -0.2) is 70.7 Å². The van der Waals surface area contributed by atoms with Crippen LogP contribution < -0.4 is 9.47 Å². The maximum atomic E-state index is 13.8. The molecule has 1 saturated heterocycles. The van der Waals surface area contributed by atoms with Crippen LogP contribution in [-0.2, 0) is 23.7 Å². The van der Waals surface area contributed by atoms with Crippen molar-refractivity contribution in [1.29, 1.82) is 0 Å². The minimum Gasteiger partial charge on any atom is -0.494 e. The number of benzene rings is 2. The first-order valence-corrected chi connectivity index (χ1v) is 19.6. The van der Waals surface area contributed by atoms with E-state index in [0.29, 0.717) is 35.7 Å². The zero-order valence-electron chi connectivity index (χ0n) is 28.2. The smallest absolute Gasteiger partial charge is 0.342 e. The number of methoxy groups -OCH3 is 1. The fraction of sp³-hybridized carbons (Fsp3) is 0.500. The Bertz CT molecular complexity index is 1400. The molecular weight excluding hydrogens is 604 g/mol. The molecule has 0 saturated carbocycles. The van der Waals surface area contributed by atoms with Crippen LogP contribution in [0.4, 0.5) is 0 Å². The van der Waals surface area contributed by atoms with Crippen LogP contribution in [0.2, 0.25) is 25.7 Å². The molecule has 0 aromatic heterocycles. The second-order valence-corrected chi connectivity index (χ2v) is 19.1. The van der Waals surface area contributed by atoms with E-state index in [2.05, 4.69) is 19.6 Å². The maximum Gasteiger partial charge on any atom is 0.342 e. The Morgan fingerprint density at radius 2 is 1.76 bits per heavy atom. The van der Waals surface area contributed by atoms with Crippen molar-refractivity contribution in [3.8, 4) is 11.5 Å². The first kappa shape index (κ1) is 35.4. The van der Waals surface area contributed by atoms with Crippen molar-refractivity contribution in [2.24, 2.45) is 5.92 Å². The fourth-order valence-electron chi connectivity index (χ4n) is 5.17. The lowest BCUT2D eigenvalue weighted by Crippen LogP contribution is -2.37. The predicted octanol–water partition coefficient (Wildman–Crippen LogP) is 7.29. The number of ether oxygens (including phenoxy) is 7. The van der Waals surface area contributed by atoms with Gasteiger partial charge in [0.25, 0.3) is 0 Å². The summed E-state index contributed by atoms with van der Waals surface area (Å²) in [6.07, 6.45) is 5.54. The molecule has 250 valence electrons. The molecule has 4 rings (SSSR count). The van der Waals surface area contributed by atoms with Gasteiger partial charge in [-0.25, -0.2) is 9.59 Å². The molecular formula is C36H48O9Si. The second-order valence-electron chi connectivity index (χ2n) is 13.5. The monoisotopic (exact) mass is 652 g/mol. The molecule has 0 bridgehead atoms. The molecule has 0 N–H and O–H groups in total. The molecule has 0 radical (unpaired) electrons. The summed E-state index contributed by atoms with van der Waals surface area (Å²) in [6, 6.07) is 13.4. The molecule has 1 unspecified atom stereocenters. The Morgan fingerprint density at radius 3 is 2.46 bits per heavy atom. The van der Waals surface area contributed by atoms with Gasteiger partial charge in [0.05, 0.1) is 18.3 Å². The van der Waals surface area contributed by atoms with Crippen molar-refractivity contribution in [2.75, 3.05) is 20.5 Å². The summed E-state index contributed by atoms with van der Waals surface area (Å²) in [7, 11) is 0.189. The molecule has 2 heterocycles. The van der Waals surface area contributed by atoms with Gasteiger partial charge < -0.3 is 33.2 Å². The molecule has 10 heteroatoms. The van der Waals surface area contributed by atoms with Crippen molar-refractivity contribution in [2.45, 2.75) is 90.0 Å². The van der Waals surface area contributed by atoms with Gasteiger partial charge in [-0.05, 0) is 63.1 Å². The summed E-state index contributed by atoms with van der Waals surface area (Å²) in [5.41, 5.74) is 1.29. The van der Waals surface area contributed by atoms with Gasteiger partial charge in [0, 0.05) is 27.2 Å². The largest absolute Gasteiger partial charge is 0.494 e. The molecule has 0 amide bonds. The van der Waals surface area contributed by atoms with Crippen molar-refractivity contribution >= 4 is 26.1 Å². The topological polar surface area (TPSA) is 98.8 Å². The molecule has 0 aliphatic carbocycles. The van der Waals surface area contributed by atoms with E-state index >= 15 is 0 Å². The fourth-order valence-corrected chi connectivity index (χ4v) is 5.88. The summed E-state index contributed by atoms with van der Waals surface area (Å²) >= 11 is 0. The molecule has 0 spiro atoms. The number of carbonyl (C=O) groups is 2. The lowest BCUT2D eigenvalue weighted by Gasteiger charge is -2.26.